The third kappa shape index (κ3) is 2.87. The van der Waals surface area contributed by atoms with E-state index >= 15 is 0 Å². The molecule has 1 saturated heterocycles. The number of hydrogen-bond acceptors (Lipinski definition) is 5. The summed E-state index contributed by atoms with van der Waals surface area (Å²) >= 11 is 0. The first-order valence-corrected chi connectivity index (χ1v) is 7.56. The molecule has 0 saturated carbocycles. The fourth-order valence-electron chi connectivity index (χ4n) is 3.00. The summed E-state index contributed by atoms with van der Waals surface area (Å²) in [5.74, 6) is -0.494. The highest BCUT2D eigenvalue weighted by Crippen LogP contribution is 2.31. The Bertz CT molecular complexity index is 595. The van der Waals surface area contributed by atoms with Gasteiger partial charge in [-0.25, -0.2) is 4.79 Å². The van der Waals surface area contributed by atoms with Crippen molar-refractivity contribution in [3.8, 4) is 5.75 Å². The number of fused-ring (bicyclic) bond motifs is 3. The van der Waals surface area contributed by atoms with Crippen LogP contribution >= 0.6 is 0 Å². The zero-order valence-corrected chi connectivity index (χ0v) is 12.4. The van der Waals surface area contributed by atoms with Crippen molar-refractivity contribution in [2.45, 2.75) is 44.7 Å². The number of carbonyl (C=O) groups is 1. The monoisotopic (exact) mass is 304 g/mol. The third-order valence-electron chi connectivity index (χ3n) is 4.34. The maximum atomic E-state index is 12.4. The summed E-state index contributed by atoms with van der Waals surface area (Å²) in [7, 11) is 0. The van der Waals surface area contributed by atoms with Crippen molar-refractivity contribution in [2.75, 3.05) is 0 Å². The Hall–Kier alpha value is -1.85. The molecule has 2 N–H and O–H groups in total. The van der Waals surface area contributed by atoms with Crippen molar-refractivity contribution < 1.29 is 24.5 Å². The molecule has 0 radical (unpaired) electrons. The number of allylic oxidation sites excluding steroid dienone is 2. The molecule has 2 aliphatic rings. The van der Waals surface area contributed by atoms with Crippen LogP contribution in [0.3, 0.4) is 0 Å². The standard InChI is InChI=1S/C17H20O5/c1-10-5-2-3-6-11-7-4-8-12(18)15(11)17(20)22-14-9-13(10)21-16(14)19/h2-4,7-8,10,13-14,16,18-19H,5-6,9H2,1H3/b3-2-/t10-,13+,14+,16-/m1/s1. The quantitative estimate of drug-likeness (QED) is 0.567. The van der Waals surface area contributed by atoms with E-state index < -0.39 is 18.4 Å². The van der Waals surface area contributed by atoms with Crippen molar-refractivity contribution in [1.82, 2.24) is 0 Å². The van der Waals surface area contributed by atoms with Gasteiger partial charge in [0.1, 0.15) is 11.3 Å². The molecule has 1 aromatic rings. The summed E-state index contributed by atoms with van der Waals surface area (Å²) < 4.78 is 10.9. The van der Waals surface area contributed by atoms with Crippen molar-refractivity contribution >= 4 is 5.97 Å². The van der Waals surface area contributed by atoms with Gasteiger partial charge in [0.25, 0.3) is 0 Å². The van der Waals surface area contributed by atoms with Gasteiger partial charge in [0.15, 0.2) is 12.4 Å². The predicted molar refractivity (Wildman–Crippen MR) is 79.4 cm³/mol. The molecule has 2 heterocycles. The third-order valence-corrected chi connectivity index (χ3v) is 4.34. The lowest BCUT2D eigenvalue weighted by molar-refractivity contribution is -0.136. The maximum Gasteiger partial charge on any atom is 0.342 e. The SMILES string of the molecule is C[C@@H]1C/C=C\Cc2cccc(O)c2C(=O)O[C@H]2C[C@@H]1O[C@H]2O. The number of benzene rings is 1. The van der Waals surface area contributed by atoms with E-state index in [9.17, 15) is 15.0 Å². The smallest absolute Gasteiger partial charge is 0.342 e. The molecular weight excluding hydrogens is 284 g/mol. The molecular formula is C17H20O5. The Kier molecular flexibility index (Phi) is 4.18. The van der Waals surface area contributed by atoms with Gasteiger partial charge >= 0.3 is 5.97 Å². The van der Waals surface area contributed by atoms with E-state index in [-0.39, 0.29) is 23.3 Å². The first-order chi connectivity index (χ1) is 10.6. The Balaban J connectivity index is 1.96. The second-order valence-corrected chi connectivity index (χ2v) is 5.94. The topological polar surface area (TPSA) is 76.0 Å². The number of aliphatic hydroxyl groups excluding tert-OH is 1. The summed E-state index contributed by atoms with van der Waals surface area (Å²) in [6, 6.07) is 4.95. The highest BCUT2D eigenvalue weighted by Gasteiger charge is 2.39. The fraction of sp³-hybridized carbons (Fsp3) is 0.471. The lowest BCUT2D eigenvalue weighted by atomic mass is 9.96. The first-order valence-electron chi connectivity index (χ1n) is 7.56. The van der Waals surface area contributed by atoms with E-state index in [0.717, 1.165) is 6.42 Å². The second kappa shape index (κ2) is 6.10. The summed E-state index contributed by atoms with van der Waals surface area (Å²) in [5.41, 5.74) is 0.871. The van der Waals surface area contributed by atoms with Crippen LogP contribution in [0.2, 0.25) is 0 Å². The van der Waals surface area contributed by atoms with Gasteiger partial charge in [0, 0.05) is 6.42 Å². The summed E-state index contributed by atoms with van der Waals surface area (Å²) in [4.78, 5) is 12.4. The number of phenolic OH excluding ortho intramolecular Hbond substituents is 1. The summed E-state index contributed by atoms with van der Waals surface area (Å²) in [6.45, 7) is 2.05. The minimum absolute atomic E-state index is 0.105. The number of phenols is 1. The van der Waals surface area contributed by atoms with Crippen LogP contribution in [-0.2, 0) is 15.9 Å². The molecule has 118 valence electrons. The molecule has 5 heteroatoms. The van der Waals surface area contributed by atoms with Crippen LogP contribution in [0.25, 0.3) is 0 Å². The molecule has 4 atom stereocenters. The number of ether oxygens (including phenoxy) is 2. The Morgan fingerprint density at radius 3 is 2.86 bits per heavy atom. The van der Waals surface area contributed by atoms with E-state index in [1.165, 1.54) is 6.07 Å². The van der Waals surface area contributed by atoms with Gasteiger partial charge in [-0.15, -0.1) is 0 Å². The van der Waals surface area contributed by atoms with Crippen LogP contribution in [0, 0.1) is 5.92 Å². The zero-order valence-electron chi connectivity index (χ0n) is 12.4. The van der Waals surface area contributed by atoms with Gasteiger partial charge < -0.3 is 19.7 Å². The molecule has 2 bridgehead atoms. The van der Waals surface area contributed by atoms with E-state index in [2.05, 4.69) is 13.0 Å². The van der Waals surface area contributed by atoms with Gasteiger partial charge in [0.05, 0.1) is 6.10 Å². The molecule has 0 amide bonds. The number of aliphatic hydroxyl groups is 1. The average Bonchev–Trinajstić information content (AvgIpc) is 2.83. The van der Waals surface area contributed by atoms with E-state index in [1.54, 1.807) is 12.1 Å². The number of carbonyl (C=O) groups excluding carboxylic acids is 1. The van der Waals surface area contributed by atoms with E-state index in [4.69, 9.17) is 9.47 Å². The van der Waals surface area contributed by atoms with E-state index in [1.807, 2.05) is 6.08 Å². The molecule has 2 aliphatic heterocycles. The predicted octanol–water partition coefficient (Wildman–Crippen LogP) is 2.16. The van der Waals surface area contributed by atoms with Crippen molar-refractivity contribution in [1.29, 1.82) is 0 Å². The van der Waals surface area contributed by atoms with E-state index in [0.29, 0.717) is 18.4 Å². The minimum atomic E-state index is -1.12. The molecule has 5 nitrogen and oxygen atoms in total. The van der Waals surface area contributed by atoms with Crippen molar-refractivity contribution in [3.05, 3.63) is 41.5 Å². The highest BCUT2D eigenvalue weighted by atomic mass is 16.7. The maximum absolute atomic E-state index is 12.4. The molecule has 0 aromatic heterocycles. The summed E-state index contributed by atoms with van der Waals surface area (Å²) in [6.07, 6.45) is 3.91. The van der Waals surface area contributed by atoms with Crippen molar-refractivity contribution in [2.24, 2.45) is 5.92 Å². The fourth-order valence-corrected chi connectivity index (χ4v) is 3.00. The average molecular weight is 304 g/mol. The second-order valence-electron chi connectivity index (χ2n) is 5.94. The van der Waals surface area contributed by atoms with Crippen LogP contribution in [-0.4, -0.2) is 34.7 Å². The number of hydrogen-bond donors (Lipinski definition) is 2. The zero-order chi connectivity index (χ0) is 15.7. The molecule has 0 aliphatic carbocycles. The van der Waals surface area contributed by atoms with Gasteiger partial charge in [-0.3, -0.25) is 0 Å². The Morgan fingerprint density at radius 2 is 2.05 bits per heavy atom. The lowest BCUT2D eigenvalue weighted by Gasteiger charge is -2.17. The first kappa shape index (κ1) is 15.1. The van der Waals surface area contributed by atoms with Gasteiger partial charge in [-0.05, 0) is 30.4 Å². The molecule has 22 heavy (non-hydrogen) atoms. The van der Waals surface area contributed by atoms with Crippen LogP contribution in [0.15, 0.2) is 30.4 Å². The molecule has 3 rings (SSSR count). The number of rotatable bonds is 0. The largest absolute Gasteiger partial charge is 0.507 e. The highest BCUT2D eigenvalue weighted by molar-refractivity contribution is 5.94. The molecule has 0 spiro atoms. The van der Waals surface area contributed by atoms with Gasteiger partial charge in [-0.2, -0.15) is 0 Å². The molecule has 1 fully saturated rings. The molecule has 0 unspecified atom stereocenters. The molecule has 1 aromatic carbocycles. The van der Waals surface area contributed by atoms with Gasteiger partial charge in [0.2, 0.25) is 0 Å². The van der Waals surface area contributed by atoms with Crippen LogP contribution < -0.4 is 0 Å². The number of aromatic hydroxyl groups is 1. The van der Waals surface area contributed by atoms with Crippen LogP contribution in [0.5, 0.6) is 5.75 Å². The van der Waals surface area contributed by atoms with Gasteiger partial charge in [-0.1, -0.05) is 31.2 Å². The summed E-state index contributed by atoms with van der Waals surface area (Å²) in [5, 5.41) is 19.9. The number of esters is 1. The Labute approximate surface area is 129 Å². The minimum Gasteiger partial charge on any atom is -0.507 e. The normalized spacial score (nSPS) is 33.3. The Morgan fingerprint density at radius 1 is 1.23 bits per heavy atom. The lowest BCUT2D eigenvalue weighted by Crippen LogP contribution is -2.27. The van der Waals surface area contributed by atoms with Crippen molar-refractivity contribution in [3.63, 3.8) is 0 Å². The van der Waals surface area contributed by atoms with Crippen LogP contribution in [0.4, 0.5) is 0 Å². The van der Waals surface area contributed by atoms with Crippen LogP contribution in [0.1, 0.15) is 35.7 Å².